The van der Waals surface area contributed by atoms with Gasteiger partial charge in [0.15, 0.2) is 11.5 Å². The van der Waals surface area contributed by atoms with E-state index in [2.05, 4.69) is 0 Å². The first kappa shape index (κ1) is 36.1. The SMILES string of the molecule is COc1c(C)c(OC)c(OCc2ccccc2)c2c1C[C@H]1[C@@H](Sc3ccccc3)N(C(=O)OC(C)(C)C)CC(=O)N1C2COCc1ccccc1. The minimum Gasteiger partial charge on any atom is -0.496 e. The van der Waals surface area contributed by atoms with Gasteiger partial charge in [-0.2, -0.15) is 0 Å². The Labute approximate surface area is 304 Å². The second kappa shape index (κ2) is 15.7. The Morgan fingerprint density at radius 2 is 1.41 bits per heavy atom. The van der Waals surface area contributed by atoms with Gasteiger partial charge in [0, 0.05) is 21.6 Å². The van der Waals surface area contributed by atoms with Gasteiger partial charge in [0.1, 0.15) is 29.9 Å². The highest BCUT2D eigenvalue weighted by Crippen LogP contribution is 2.53. The molecule has 1 saturated heterocycles. The van der Waals surface area contributed by atoms with Crippen molar-refractivity contribution >= 4 is 23.8 Å². The fraction of sp³-hybridized carbons (Fsp3) is 0.366. The van der Waals surface area contributed by atoms with Crippen molar-refractivity contribution in [2.24, 2.45) is 0 Å². The minimum atomic E-state index is -0.742. The lowest BCUT2D eigenvalue weighted by atomic mass is 9.83. The van der Waals surface area contributed by atoms with E-state index in [-0.39, 0.29) is 19.1 Å². The van der Waals surface area contributed by atoms with Gasteiger partial charge in [-0.3, -0.25) is 9.69 Å². The fourth-order valence-corrected chi connectivity index (χ4v) is 8.19. The molecule has 4 aromatic carbocycles. The molecule has 1 unspecified atom stereocenters. The number of hydrogen-bond acceptors (Lipinski definition) is 8. The Balaban J connectivity index is 1.50. The second-order valence-electron chi connectivity index (χ2n) is 13.7. The summed E-state index contributed by atoms with van der Waals surface area (Å²) in [5.41, 5.74) is 3.74. The van der Waals surface area contributed by atoms with Crippen LogP contribution in [0, 0.1) is 6.92 Å². The van der Waals surface area contributed by atoms with Crippen LogP contribution in [0.3, 0.4) is 0 Å². The maximum atomic E-state index is 14.5. The Morgan fingerprint density at radius 1 is 0.824 bits per heavy atom. The van der Waals surface area contributed by atoms with Gasteiger partial charge in [-0.05, 0) is 57.4 Å². The number of nitrogens with zero attached hydrogens (tertiary/aromatic N) is 2. The lowest BCUT2D eigenvalue weighted by Crippen LogP contribution is -2.65. The molecule has 51 heavy (non-hydrogen) atoms. The average Bonchev–Trinajstić information content (AvgIpc) is 3.12. The zero-order valence-corrected chi connectivity index (χ0v) is 30.9. The monoisotopic (exact) mass is 710 g/mol. The highest BCUT2D eigenvalue weighted by atomic mass is 32.2. The molecule has 1 fully saturated rings. The Bertz CT molecular complexity index is 1820. The first-order valence-electron chi connectivity index (χ1n) is 17.2. The highest BCUT2D eigenvalue weighted by Gasteiger charge is 2.52. The molecule has 0 spiro atoms. The van der Waals surface area contributed by atoms with Crippen molar-refractivity contribution in [1.29, 1.82) is 0 Å². The van der Waals surface area contributed by atoms with Crippen molar-refractivity contribution in [3.63, 3.8) is 0 Å². The maximum Gasteiger partial charge on any atom is 0.411 e. The molecule has 0 aromatic heterocycles. The van der Waals surface area contributed by atoms with Crippen LogP contribution in [0.1, 0.15) is 54.6 Å². The third-order valence-electron chi connectivity index (χ3n) is 9.05. The molecule has 0 N–H and O–H groups in total. The predicted octanol–water partition coefficient (Wildman–Crippen LogP) is 7.97. The van der Waals surface area contributed by atoms with E-state index in [0.717, 1.165) is 32.7 Å². The molecule has 2 amide bonds. The van der Waals surface area contributed by atoms with Crippen LogP contribution >= 0.6 is 11.8 Å². The van der Waals surface area contributed by atoms with E-state index >= 15 is 0 Å². The summed E-state index contributed by atoms with van der Waals surface area (Å²) in [4.78, 5) is 32.8. The lowest BCUT2D eigenvalue weighted by molar-refractivity contribution is -0.147. The number of piperazine rings is 1. The van der Waals surface area contributed by atoms with Crippen LogP contribution in [0.2, 0.25) is 0 Å². The van der Waals surface area contributed by atoms with Gasteiger partial charge < -0.3 is 28.6 Å². The lowest BCUT2D eigenvalue weighted by Gasteiger charge is -2.52. The van der Waals surface area contributed by atoms with E-state index in [0.29, 0.717) is 36.9 Å². The quantitative estimate of drug-likeness (QED) is 0.155. The van der Waals surface area contributed by atoms with Crippen LogP contribution in [0.15, 0.2) is 95.9 Å². The largest absolute Gasteiger partial charge is 0.496 e. The topological polar surface area (TPSA) is 86.8 Å². The Hall–Kier alpha value is -4.67. The predicted molar refractivity (Wildman–Crippen MR) is 197 cm³/mol. The van der Waals surface area contributed by atoms with Crippen molar-refractivity contribution < 1.29 is 33.3 Å². The maximum absolute atomic E-state index is 14.5. The van der Waals surface area contributed by atoms with Gasteiger partial charge in [0.25, 0.3) is 0 Å². The molecule has 10 heteroatoms. The van der Waals surface area contributed by atoms with Crippen molar-refractivity contribution in [2.75, 3.05) is 27.4 Å². The van der Waals surface area contributed by atoms with Crippen molar-refractivity contribution in [3.05, 3.63) is 119 Å². The van der Waals surface area contributed by atoms with Gasteiger partial charge in [-0.25, -0.2) is 4.79 Å². The first-order valence-corrected chi connectivity index (χ1v) is 18.1. The summed E-state index contributed by atoms with van der Waals surface area (Å²) >= 11 is 1.54. The molecular weight excluding hydrogens is 665 g/mol. The molecule has 2 aliphatic rings. The Kier molecular flexibility index (Phi) is 11.1. The van der Waals surface area contributed by atoms with Crippen molar-refractivity contribution in [2.45, 2.75) is 75.3 Å². The summed E-state index contributed by atoms with van der Waals surface area (Å²) in [5.74, 6) is 1.55. The molecule has 3 atom stereocenters. The van der Waals surface area contributed by atoms with Crippen molar-refractivity contribution in [3.8, 4) is 17.2 Å². The normalized spacial score (nSPS) is 18.5. The number of carbonyl (C=O) groups excluding carboxylic acids is 2. The molecule has 2 aliphatic heterocycles. The van der Waals surface area contributed by atoms with Crippen LogP contribution in [-0.4, -0.2) is 66.2 Å². The zero-order chi connectivity index (χ0) is 36.1. The van der Waals surface area contributed by atoms with Gasteiger partial charge in [0.05, 0.1) is 39.5 Å². The average molecular weight is 711 g/mol. The van der Waals surface area contributed by atoms with Gasteiger partial charge >= 0.3 is 6.09 Å². The molecule has 2 heterocycles. The number of amides is 2. The first-order chi connectivity index (χ1) is 24.6. The van der Waals surface area contributed by atoms with Gasteiger partial charge in [-0.1, -0.05) is 90.6 Å². The highest BCUT2D eigenvalue weighted by molar-refractivity contribution is 8.00. The fourth-order valence-electron chi connectivity index (χ4n) is 6.93. The molecule has 0 radical (unpaired) electrons. The van der Waals surface area contributed by atoms with E-state index in [1.165, 1.54) is 0 Å². The second-order valence-corrected chi connectivity index (χ2v) is 14.9. The van der Waals surface area contributed by atoms with E-state index in [9.17, 15) is 9.59 Å². The number of benzene rings is 4. The van der Waals surface area contributed by atoms with Crippen LogP contribution in [0.25, 0.3) is 0 Å². The molecule has 4 aromatic rings. The summed E-state index contributed by atoms with van der Waals surface area (Å²) in [7, 11) is 3.27. The third-order valence-corrected chi connectivity index (χ3v) is 10.4. The summed E-state index contributed by atoms with van der Waals surface area (Å²) < 4.78 is 31.2. The van der Waals surface area contributed by atoms with Crippen molar-refractivity contribution in [1.82, 2.24) is 9.80 Å². The van der Waals surface area contributed by atoms with Crippen LogP contribution in [0.5, 0.6) is 17.2 Å². The molecule has 0 aliphatic carbocycles. The molecule has 9 nitrogen and oxygen atoms in total. The number of ether oxygens (including phenoxy) is 5. The summed E-state index contributed by atoms with van der Waals surface area (Å²) in [6.07, 6.45) is -0.133. The number of thioether (sulfide) groups is 1. The number of fused-ring (bicyclic) bond motifs is 2. The number of hydrogen-bond donors (Lipinski definition) is 0. The van der Waals surface area contributed by atoms with E-state index in [4.69, 9.17) is 23.7 Å². The molecule has 0 saturated carbocycles. The summed E-state index contributed by atoms with van der Waals surface area (Å²) in [5, 5.41) is -0.481. The Morgan fingerprint density at radius 3 is 2.00 bits per heavy atom. The number of carbonyl (C=O) groups is 2. The minimum absolute atomic E-state index is 0.152. The van der Waals surface area contributed by atoms with Crippen LogP contribution in [0.4, 0.5) is 4.79 Å². The van der Waals surface area contributed by atoms with E-state index in [1.54, 1.807) is 30.9 Å². The van der Waals surface area contributed by atoms with E-state index in [1.807, 2.05) is 124 Å². The molecule has 6 rings (SSSR count). The third kappa shape index (κ3) is 7.97. The molecule has 0 bridgehead atoms. The van der Waals surface area contributed by atoms with Gasteiger partial charge in [-0.15, -0.1) is 0 Å². The summed E-state index contributed by atoms with van der Waals surface area (Å²) in [6, 6.07) is 28.8. The molecular formula is C41H46N2O7S. The van der Waals surface area contributed by atoms with E-state index < -0.39 is 29.2 Å². The number of rotatable bonds is 11. The molecule has 268 valence electrons. The smallest absolute Gasteiger partial charge is 0.411 e. The summed E-state index contributed by atoms with van der Waals surface area (Å²) in [6.45, 7) is 8.12. The van der Waals surface area contributed by atoms with Crippen LogP contribution < -0.4 is 14.2 Å². The van der Waals surface area contributed by atoms with Crippen LogP contribution in [-0.2, 0) is 33.9 Å². The standard InChI is InChI=1S/C41H46N2O7S/c1-27-36(46-5)31-22-32-39(51-30-20-14-9-15-21-30)42(40(45)50-41(2,3)4)23-34(44)43(32)33(26-48-24-28-16-10-7-11-17-28)35(31)38(37(27)47-6)49-25-29-18-12-8-13-19-29/h7-21,32-33,39H,22-26H2,1-6H3/t32-,33?,39+/m0/s1. The number of methoxy groups -OCH3 is 2. The van der Waals surface area contributed by atoms with Gasteiger partial charge in [0.2, 0.25) is 5.91 Å². The zero-order valence-electron chi connectivity index (χ0n) is 30.1.